The van der Waals surface area contributed by atoms with Crippen molar-refractivity contribution in [1.29, 1.82) is 0 Å². The Balaban J connectivity index is 2.46. The van der Waals surface area contributed by atoms with Crippen LogP contribution in [0, 0.1) is 0 Å². The second-order valence-corrected chi connectivity index (χ2v) is 4.09. The van der Waals surface area contributed by atoms with Gasteiger partial charge in [-0.15, -0.1) is 0 Å². The molecule has 5 nitrogen and oxygen atoms in total. The van der Waals surface area contributed by atoms with Crippen LogP contribution in [0.4, 0.5) is 5.82 Å². The molecule has 0 saturated heterocycles. The maximum atomic E-state index is 5.95. The average Bonchev–Trinajstić information content (AvgIpc) is 2.39. The molecular formula is C12H13ClN4O. The molecule has 1 aromatic carbocycles. The smallest absolute Gasteiger partial charge is 0.161 e. The number of nitrogens with one attached hydrogen (secondary N) is 1. The molecule has 0 saturated carbocycles. The van der Waals surface area contributed by atoms with Crippen LogP contribution >= 0.6 is 11.6 Å². The third-order valence-electron chi connectivity index (χ3n) is 2.30. The summed E-state index contributed by atoms with van der Waals surface area (Å²) >= 11 is 5.95. The predicted molar refractivity (Wildman–Crippen MR) is 71.0 cm³/mol. The Kier molecular flexibility index (Phi) is 4.09. The van der Waals surface area contributed by atoms with Crippen LogP contribution in [0.3, 0.4) is 0 Å². The van der Waals surface area contributed by atoms with Crippen LogP contribution in [-0.2, 0) is 11.3 Å². The van der Waals surface area contributed by atoms with E-state index >= 15 is 0 Å². The van der Waals surface area contributed by atoms with Gasteiger partial charge in [-0.2, -0.15) is 0 Å². The number of nitrogen functional groups attached to an aromatic ring is 1. The van der Waals surface area contributed by atoms with Gasteiger partial charge in [0.15, 0.2) is 5.82 Å². The van der Waals surface area contributed by atoms with E-state index in [0.29, 0.717) is 23.3 Å². The van der Waals surface area contributed by atoms with E-state index in [1.165, 1.54) is 0 Å². The molecule has 94 valence electrons. The van der Waals surface area contributed by atoms with Gasteiger partial charge >= 0.3 is 0 Å². The largest absolute Gasteiger partial charge is 0.378 e. The maximum Gasteiger partial charge on any atom is 0.161 e. The molecule has 0 bridgehead atoms. The number of halogens is 1. The minimum atomic E-state index is 0.394. The van der Waals surface area contributed by atoms with E-state index < -0.39 is 0 Å². The number of benzene rings is 1. The van der Waals surface area contributed by atoms with Crippen molar-refractivity contribution in [3.63, 3.8) is 0 Å². The van der Waals surface area contributed by atoms with E-state index in [9.17, 15) is 0 Å². The van der Waals surface area contributed by atoms with E-state index in [-0.39, 0.29) is 0 Å². The minimum absolute atomic E-state index is 0.394. The third kappa shape index (κ3) is 2.95. The predicted octanol–water partition coefficient (Wildman–Crippen LogP) is 2.23. The normalized spacial score (nSPS) is 10.4. The summed E-state index contributed by atoms with van der Waals surface area (Å²) in [6, 6.07) is 9.06. The molecule has 1 aromatic heterocycles. The Morgan fingerprint density at radius 3 is 2.83 bits per heavy atom. The lowest BCUT2D eigenvalue weighted by Gasteiger charge is -2.07. The van der Waals surface area contributed by atoms with Crippen molar-refractivity contribution < 1.29 is 4.74 Å². The van der Waals surface area contributed by atoms with E-state index in [4.69, 9.17) is 22.2 Å². The summed E-state index contributed by atoms with van der Waals surface area (Å²) in [5.41, 5.74) is 4.09. The lowest BCUT2D eigenvalue weighted by Crippen LogP contribution is -2.10. The van der Waals surface area contributed by atoms with Crippen molar-refractivity contribution in [2.24, 2.45) is 5.84 Å². The summed E-state index contributed by atoms with van der Waals surface area (Å²) in [6.07, 6.45) is 0. The monoisotopic (exact) mass is 264 g/mol. The number of ether oxygens (including phenoxy) is 1. The zero-order chi connectivity index (χ0) is 13.0. The summed E-state index contributed by atoms with van der Waals surface area (Å²) in [5, 5.41) is 0.635. The standard InChI is InChI=1S/C12H13ClN4O/c1-18-7-10-6-11(17-14)16-12(15-10)8-3-2-4-9(13)5-8/h2-6H,7,14H2,1H3,(H,15,16,17). The van der Waals surface area contributed by atoms with Crippen molar-refractivity contribution in [3.8, 4) is 11.4 Å². The average molecular weight is 265 g/mol. The van der Waals surface area contributed by atoms with Gasteiger partial charge < -0.3 is 10.2 Å². The summed E-state index contributed by atoms with van der Waals surface area (Å²) in [7, 11) is 1.61. The zero-order valence-electron chi connectivity index (χ0n) is 9.85. The van der Waals surface area contributed by atoms with Crippen LogP contribution < -0.4 is 11.3 Å². The fourth-order valence-electron chi connectivity index (χ4n) is 1.55. The van der Waals surface area contributed by atoms with Crippen molar-refractivity contribution in [3.05, 3.63) is 41.0 Å². The lowest BCUT2D eigenvalue weighted by atomic mass is 10.2. The molecule has 6 heteroatoms. The van der Waals surface area contributed by atoms with Crippen molar-refractivity contribution >= 4 is 17.4 Å². The summed E-state index contributed by atoms with van der Waals surface area (Å²) in [5.74, 6) is 6.47. The van der Waals surface area contributed by atoms with E-state index in [1.807, 2.05) is 12.1 Å². The van der Waals surface area contributed by atoms with Crippen molar-refractivity contribution in [2.45, 2.75) is 6.61 Å². The molecule has 0 aliphatic heterocycles. The Bertz CT molecular complexity index is 547. The number of rotatable bonds is 4. The molecule has 18 heavy (non-hydrogen) atoms. The van der Waals surface area contributed by atoms with Crippen LogP contribution in [0.15, 0.2) is 30.3 Å². The first-order valence-electron chi connectivity index (χ1n) is 5.32. The molecular weight excluding hydrogens is 252 g/mol. The number of hydrogen-bond acceptors (Lipinski definition) is 5. The van der Waals surface area contributed by atoms with Gasteiger partial charge in [0.25, 0.3) is 0 Å². The van der Waals surface area contributed by atoms with Crippen molar-refractivity contribution in [1.82, 2.24) is 9.97 Å². The van der Waals surface area contributed by atoms with Gasteiger partial charge in [0.2, 0.25) is 0 Å². The van der Waals surface area contributed by atoms with Gasteiger partial charge in [-0.25, -0.2) is 15.8 Å². The topological polar surface area (TPSA) is 73.1 Å². The van der Waals surface area contributed by atoms with Crippen LogP contribution in [0.5, 0.6) is 0 Å². The van der Waals surface area contributed by atoms with Crippen LogP contribution in [0.1, 0.15) is 5.69 Å². The number of nitrogens with zero attached hydrogens (tertiary/aromatic N) is 2. The van der Waals surface area contributed by atoms with Crippen LogP contribution in [-0.4, -0.2) is 17.1 Å². The highest BCUT2D eigenvalue weighted by atomic mass is 35.5. The molecule has 0 atom stereocenters. The highest BCUT2D eigenvalue weighted by Crippen LogP contribution is 2.21. The number of nitrogens with two attached hydrogens (primary N) is 1. The molecule has 2 aromatic rings. The number of aromatic nitrogens is 2. The maximum absolute atomic E-state index is 5.95. The molecule has 0 radical (unpaired) electrons. The molecule has 0 amide bonds. The van der Waals surface area contributed by atoms with Gasteiger partial charge in [0.05, 0.1) is 12.3 Å². The lowest BCUT2D eigenvalue weighted by molar-refractivity contribution is 0.181. The molecule has 0 unspecified atom stereocenters. The molecule has 1 heterocycles. The Hall–Kier alpha value is -1.69. The SMILES string of the molecule is COCc1cc(NN)nc(-c2cccc(Cl)c2)n1. The Morgan fingerprint density at radius 2 is 2.17 bits per heavy atom. The molecule has 0 aliphatic carbocycles. The molecule has 0 fully saturated rings. The van der Waals surface area contributed by atoms with E-state index in [2.05, 4.69) is 15.4 Å². The summed E-state index contributed by atoms with van der Waals surface area (Å²) in [4.78, 5) is 8.68. The minimum Gasteiger partial charge on any atom is -0.378 e. The van der Waals surface area contributed by atoms with E-state index in [1.54, 1.807) is 25.3 Å². The number of hydrazine groups is 1. The summed E-state index contributed by atoms with van der Waals surface area (Å²) in [6.45, 7) is 0.394. The Labute approximate surface area is 110 Å². The highest BCUT2D eigenvalue weighted by molar-refractivity contribution is 6.30. The van der Waals surface area contributed by atoms with Gasteiger partial charge in [-0.05, 0) is 12.1 Å². The molecule has 2 rings (SSSR count). The molecule has 3 N–H and O–H groups in total. The number of anilines is 1. The fraction of sp³-hybridized carbons (Fsp3) is 0.167. The molecule has 0 aliphatic rings. The van der Waals surface area contributed by atoms with Gasteiger partial charge in [-0.3, -0.25) is 0 Å². The first-order chi connectivity index (χ1) is 8.72. The second kappa shape index (κ2) is 5.77. The van der Waals surface area contributed by atoms with Gasteiger partial charge in [0, 0.05) is 23.8 Å². The number of methoxy groups -OCH3 is 1. The third-order valence-corrected chi connectivity index (χ3v) is 2.54. The quantitative estimate of drug-likeness (QED) is 0.654. The summed E-state index contributed by atoms with van der Waals surface area (Å²) < 4.78 is 5.06. The first kappa shape index (κ1) is 12.8. The second-order valence-electron chi connectivity index (χ2n) is 3.66. The molecule has 0 spiro atoms. The van der Waals surface area contributed by atoms with Crippen LogP contribution in [0.25, 0.3) is 11.4 Å². The van der Waals surface area contributed by atoms with Gasteiger partial charge in [0.1, 0.15) is 5.82 Å². The van der Waals surface area contributed by atoms with Gasteiger partial charge in [-0.1, -0.05) is 23.7 Å². The van der Waals surface area contributed by atoms with E-state index in [0.717, 1.165) is 11.3 Å². The van der Waals surface area contributed by atoms with Crippen LogP contribution in [0.2, 0.25) is 5.02 Å². The van der Waals surface area contributed by atoms with Crippen molar-refractivity contribution in [2.75, 3.05) is 12.5 Å². The fourth-order valence-corrected chi connectivity index (χ4v) is 1.74. The zero-order valence-corrected chi connectivity index (χ0v) is 10.6. The first-order valence-corrected chi connectivity index (χ1v) is 5.70. The highest BCUT2D eigenvalue weighted by Gasteiger charge is 2.06. The Morgan fingerprint density at radius 1 is 1.33 bits per heavy atom. The number of hydrogen-bond donors (Lipinski definition) is 2.